The summed E-state index contributed by atoms with van der Waals surface area (Å²) in [6.45, 7) is 3.80. The lowest BCUT2D eigenvalue weighted by molar-refractivity contribution is 0.673. The molecular weight excluding hydrogens is 194 g/mol. The molecule has 0 N–H and O–H groups in total. The van der Waals surface area contributed by atoms with Crippen molar-refractivity contribution >= 4 is 10.8 Å². The van der Waals surface area contributed by atoms with Crippen molar-refractivity contribution in [2.24, 2.45) is 0 Å². The van der Waals surface area contributed by atoms with Crippen LogP contribution in [0.15, 0.2) is 29.2 Å². The minimum atomic E-state index is -1.06. The molecule has 74 valence electrons. The molecule has 0 fully saturated rings. The maximum absolute atomic E-state index is 11.8. The van der Waals surface area contributed by atoms with Crippen LogP contribution in [0.4, 0.5) is 0 Å². The van der Waals surface area contributed by atoms with E-state index in [0.29, 0.717) is 6.42 Å². The van der Waals surface area contributed by atoms with Crippen LogP contribution in [0.3, 0.4) is 0 Å². The van der Waals surface area contributed by atoms with Gasteiger partial charge in [-0.2, -0.15) is 5.26 Å². The van der Waals surface area contributed by atoms with Crippen LogP contribution in [-0.4, -0.2) is 9.46 Å². The fourth-order valence-corrected chi connectivity index (χ4v) is 2.38. The van der Waals surface area contributed by atoms with E-state index in [1.165, 1.54) is 0 Å². The van der Waals surface area contributed by atoms with Gasteiger partial charge in [-0.05, 0) is 31.5 Å². The highest BCUT2D eigenvalue weighted by atomic mass is 32.2. The zero-order valence-electron chi connectivity index (χ0n) is 8.36. The summed E-state index contributed by atoms with van der Waals surface area (Å²) in [7, 11) is -1.06. The molecular formula is C11H13NOS. The lowest BCUT2D eigenvalue weighted by Crippen LogP contribution is -2.09. The molecule has 0 amide bonds. The number of hydrogen-bond donors (Lipinski definition) is 0. The van der Waals surface area contributed by atoms with Crippen LogP contribution < -0.4 is 0 Å². The van der Waals surface area contributed by atoms with Gasteiger partial charge in [0.05, 0.1) is 16.9 Å². The summed E-state index contributed by atoms with van der Waals surface area (Å²) in [6, 6.07) is 9.65. The van der Waals surface area contributed by atoms with Gasteiger partial charge in [0.25, 0.3) is 0 Å². The first-order chi connectivity index (χ1) is 6.65. The van der Waals surface area contributed by atoms with Crippen molar-refractivity contribution in [1.82, 2.24) is 0 Å². The lowest BCUT2D eigenvalue weighted by Gasteiger charge is -2.07. The third-order valence-corrected chi connectivity index (χ3v) is 3.58. The Morgan fingerprint density at radius 3 is 2.86 bits per heavy atom. The van der Waals surface area contributed by atoms with E-state index >= 15 is 0 Å². The van der Waals surface area contributed by atoms with Gasteiger partial charge in [0.2, 0.25) is 0 Å². The summed E-state index contributed by atoms with van der Waals surface area (Å²) in [5.74, 6) is 0. The van der Waals surface area contributed by atoms with Gasteiger partial charge in [-0.1, -0.05) is 12.1 Å². The van der Waals surface area contributed by atoms with Crippen molar-refractivity contribution in [3.8, 4) is 6.07 Å². The second kappa shape index (κ2) is 4.92. The van der Waals surface area contributed by atoms with E-state index in [0.717, 1.165) is 10.5 Å². The van der Waals surface area contributed by atoms with Crippen LogP contribution in [0.5, 0.6) is 0 Å². The summed E-state index contributed by atoms with van der Waals surface area (Å²) in [6.07, 6.45) is 0.334. The van der Waals surface area contributed by atoms with Crippen molar-refractivity contribution in [2.45, 2.75) is 30.4 Å². The molecule has 14 heavy (non-hydrogen) atoms. The van der Waals surface area contributed by atoms with E-state index in [-0.39, 0.29) is 5.25 Å². The Morgan fingerprint density at radius 2 is 2.29 bits per heavy atom. The molecule has 2 nitrogen and oxygen atoms in total. The van der Waals surface area contributed by atoms with Gasteiger partial charge < -0.3 is 0 Å². The van der Waals surface area contributed by atoms with Crippen LogP contribution in [0.1, 0.15) is 18.9 Å². The number of rotatable bonds is 3. The number of aryl methyl sites for hydroxylation is 1. The fraction of sp³-hybridized carbons (Fsp3) is 0.364. The molecule has 0 aliphatic carbocycles. The van der Waals surface area contributed by atoms with Gasteiger partial charge in [0.15, 0.2) is 0 Å². The van der Waals surface area contributed by atoms with Crippen LogP contribution in [0.25, 0.3) is 0 Å². The van der Waals surface area contributed by atoms with Crippen molar-refractivity contribution in [3.05, 3.63) is 29.8 Å². The first-order valence-corrected chi connectivity index (χ1v) is 5.70. The average Bonchev–Trinajstić information content (AvgIpc) is 2.17. The first kappa shape index (κ1) is 10.9. The largest absolute Gasteiger partial charge is 0.254 e. The number of benzene rings is 1. The predicted molar refractivity (Wildman–Crippen MR) is 57.3 cm³/mol. The molecule has 0 radical (unpaired) electrons. The van der Waals surface area contributed by atoms with E-state index < -0.39 is 10.8 Å². The summed E-state index contributed by atoms with van der Waals surface area (Å²) >= 11 is 0. The monoisotopic (exact) mass is 207 g/mol. The van der Waals surface area contributed by atoms with E-state index in [9.17, 15) is 4.21 Å². The highest BCUT2D eigenvalue weighted by Crippen LogP contribution is 2.14. The van der Waals surface area contributed by atoms with Crippen molar-refractivity contribution in [3.63, 3.8) is 0 Å². The minimum Gasteiger partial charge on any atom is -0.254 e. The number of nitrogens with zero attached hydrogens (tertiary/aromatic N) is 1. The Morgan fingerprint density at radius 1 is 1.57 bits per heavy atom. The van der Waals surface area contributed by atoms with Crippen molar-refractivity contribution < 1.29 is 4.21 Å². The molecule has 0 aliphatic heterocycles. The summed E-state index contributed by atoms with van der Waals surface area (Å²) in [5.41, 5.74) is 1.10. The molecule has 2 atom stereocenters. The Bertz CT molecular complexity index is 381. The van der Waals surface area contributed by atoms with E-state index in [1.807, 2.05) is 44.2 Å². The highest BCUT2D eigenvalue weighted by molar-refractivity contribution is 7.85. The molecule has 3 heteroatoms. The topological polar surface area (TPSA) is 40.9 Å². The fourth-order valence-electron chi connectivity index (χ4n) is 1.18. The summed E-state index contributed by atoms with van der Waals surface area (Å²) < 4.78 is 11.8. The molecule has 1 aromatic rings. The average molecular weight is 207 g/mol. The Hall–Kier alpha value is -1.14. The van der Waals surface area contributed by atoms with Gasteiger partial charge in [-0.25, -0.2) is 0 Å². The maximum Gasteiger partial charge on any atom is 0.0634 e. The van der Waals surface area contributed by atoms with Gasteiger partial charge in [0.1, 0.15) is 0 Å². The number of hydrogen-bond acceptors (Lipinski definition) is 2. The van der Waals surface area contributed by atoms with Gasteiger partial charge >= 0.3 is 0 Å². The molecule has 0 aliphatic rings. The SMILES string of the molecule is Cc1cccc(S(=O)C(C)CC#N)c1. The minimum absolute atomic E-state index is 0.0956. The maximum atomic E-state index is 11.8. The van der Waals surface area contributed by atoms with Crippen molar-refractivity contribution in [2.75, 3.05) is 0 Å². The zero-order valence-corrected chi connectivity index (χ0v) is 9.17. The van der Waals surface area contributed by atoms with Gasteiger partial charge in [-0.3, -0.25) is 4.21 Å². The Balaban J connectivity index is 2.85. The predicted octanol–water partition coefficient (Wildman–Crippen LogP) is 2.40. The Kier molecular flexibility index (Phi) is 3.84. The number of nitriles is 1. The zero-order chi connectivity index (χ0) is 10.6. The second-order valence-corrected chi connectivity index (χ2v) is 5.16. The molecule has 1 rings (SSSR count). The third kappa shape index (κ3) is 2.68. The highest BCUT2D eigenvalue weighted by Gasteiger charge is 2.12. The van der Waals surface area contributed by atoms with Gasteiger partial charge in [0, 0.05) is 16.6 Å². The van der Waals surface area contributed by atoms with Crippen molar-refractivity contribution in [1.29, 1.82) is 5.26 Å². The molecule has 1 aromatic carbocycles. The van der Waals surface area contributed by atoms with E-state index in [4.69, 9.17) is 5.26 Å². The first-order valence-electron chi connectivity index (χ1n) is 4.49. The molecule has 0 aromatic heterocycles. The third-order valence-electron chi connectivity index (χ3n) is 1.97. The van der Waals surface area contributed by atoms with Crippen LogP contribution in [-0.2, 0) is 10.8 Å². The van der Waals surface area contributed by atoms with Crippen LogP contribution in [0, 0.1) is 18.3 Å². The molecule has 0 bridgehead atoms. The second-order valence-electron chi connectivity index (χ2n) is 3.29. The molecule has 2 unspecified atom stereocenters. The van der Waals surface area contributed by atoms with E-state index in [1.54, 1.807) is 0 Å². The Labute approximate surface area is 87.0 Å². The van der Waals surface area contributed by atoms with E-state index in [2.05, 4.69) is 0 Å². The standard InChI is InChI=1S/C11H13NOS/c1-9-4-3-5-11(8-9)14(13)10(2)6-7-12/h3-5,8,10H,6H2,1-2H3. The lowest BCUT2D eigenvalue weighted by atomic mass is 10.2. The van der Waals surface area contributed by atoms with Gasteiger partial charge in [-0.15, -0.1) is 0 Å². The molecule has 0 spiro atoms. The molecule has 0 saturated carbocycles. The smallest absolute Gasteiger partial charge is 0.0634 e. The summed E-state index contributed by atoms with van der Waals surface area (Å²) in [4.78, 5) is 0.813. The summed E-state index contributed by atoms with van der Waals surface area (Å²) in [5, 5.41) is 8.41. The normalized spacial score (nSPS) is 14.4. The quantitative estimate of drug-likeness (QED) is 0.763. The van der Waals surface area contributed by atoms with Crippen LogP contribution >= 0.6 is 0 Å². The van der Waals surface area contributed by atoms with Crippen LogP contribution in [0.2, 0.25) is 0 Å². The molecule has 0 heterocycles. The molecule has 0 saturated heterocycles.